The Morgan fingerprint density at radius 3 is 2.47 bits per heavy atom. The second-order valence-electron chi connectivity index (χ2n) is 3.93. The van der Waals surface area contributed by atoms with Crippen LogP contribution in [0, 0.1) is 13.8 Å². The van der Waals surface area contributed by atoms with Crippen molar-refractivity contribution >= 4 is 17.4 Å². The quantitative estimate of drug-likeness (QED) is 0.736. The molecule has 1 heterocycles. The van der Waals surface area contributed by atoms with Crippen LogP contribution in [0.2, 0.25) is 0 Å². The summed E-state index contributed by atoms with van der Waals surface area (Å²) in [6.07, 6.45) is 0. The summed E-state index contributed by atoms with van der Waals surface area (Å²) in [5.74, 6) is 0.149. The van der Waals surface area contributed by atoms with Crippen molar-refractivity contribution in [2.45, 2.75) is 13.8 Å². The lowest BCUT2D eigenvalue weighted by atomic mass is 10.1. The molecule has 2 aromatic rings. The third-order valence-electron chi connectivity index (χ3n) is 2.54. The van der Waals surface area contributed by atoms with Crippen molar-refractivity contribution in [1.29, 1.82) is 0 Å². The first-order valence-corrected chi connectivity index (χ1v) is 5.26. The Hall–Kier alpha value is -2.30. The Morgan fingerprint density at radius 1 is 1.29 bits per heavy atom. The number of rotatable bonds is 2. The second kappa shape index (κ2) is 4.29. The molecule has 0 unspecified atom stereocenters. The van der Waals surface area contributed by atoms with Crippen LogP contribution in [0.1, 0.15) is 21.6 Å². The number of aromatic nitrogens is 2. The van der Waals surface area contributed by atoms with Crippen molar-refractivity contribution < 1.29 is 4.79 Å². The van der Waals surface area contributed by atoms with E-state index in [-0.39, 0.29) is 5.91 Å². The molecule has 4 N–H and O–H groups in total. The molecule has 0 aliphatic rings. The molecule has 17 heavy (non-hydrogen) atoms. The average Bonchev–Trinajstić information content (AvgIpc) is 2.62. The molecule has 0 aliphatic carbocycles. The highest BCUT2D eigenvalue weighted by Crippen LogP contribution is 2.18. The summed E-state index contributed by atoms with van der Waals surface area (Å²) in [6.45, 7) is 3.76. The summed E-state index contributed by atoms with van der Waals surface area (Å²) in [4.78, 5) is 11.9. The number of hydrogen-bond donors (Lipinski definition) is 3. The van der Waals surface area contributed by atoms with E-state index >= 15 is 0 Å². The van der Waals surface area contributed by atoms with Gasteiger partial charge in [-0.25, -0.2) is 0 Å². The van der Waals surface area contributed by atoms with Crippen molar-refractivity contribution in [3.05, 3.63) is 41.1 Å². The number of nitrogens with zero attached hydrogens (tertiary/aromatic N) is 1. The van der Waals surface area contributed by atoms with Crippen LogP contribution >= 0.6 is 0 Å². The van der Waals surface area contributed by atoms with E-state index in [2.05, 4.69) is 15.5 Å². The van der Waals surface area contributed by atoms with Crippen molar-refractivity contribution in [1.82, 2.24) is 10.2 Å². The molecule has 0 aliphatic heterocycles. The van der Waals surface area contributed by atoms with Gasteiger partial charge in [-0.3, -0.25) is 9.89 Å². The van der Waals surface area contributed by atoms with Crippen molar-refractivity contribution in [3.63, 3.8) is 0 Å². The summed E-state index contributed by atoms with van der Waals surface area (Å²) in [5, 5.41) is 9.29. The molecule has 5 nitrogen and oxygen atoms in total. The first-order chi connectivity index (χ1) is 8.08. The SMILES string of the molecule is Cc1ccc(C(=O)Nc2n[nH]c(C)c2N)cc1. The number of amides is 1. The molecule has 2 rings (SSSR count). The minimum absolute atomic E-state index is 0.219. The van der Waals surface area contributed by atoms with Gasteiger partial charge in [0.2, 0.25) is 0 Å². The Labute approximate surface area is 99.0 Å². The Bertz CT molecular complexity index is 542. The fraction of sp³-hybridized carbons (Fsp3) is 0.167. The number of anilines is 2. The maximum absolute atomic E-state index is 11.9. The normalized spacial score (nSPS) is 10.2. The fourth-order valence-electron chi connectivity index (χ4n) is 1.42. The van der Waals surface area contributed by atoms with Gasteiger partial charge in [0.15, 0.2) is 5.82 Å². The highest BCUT2D eigenvalue weighted by atomic mass is 16.1. The van der Waals surface area contributed by atoms with Crippen LogP contribution in [0.25, 0.3) is 0 Å². The number of nitrogens with two attached hydrogens (primary N) is 1. The van der Waals surface area contributed by atoms with E-state index in [4.69, 9.17) is 5.73 Å². The Kier molecular flexibility index (Phi) is 2.82. The molecule has 88 valence electrons. The maximum Gasteiger partial charge on any atom is 0.256 e. The van der Waals surface area contributed by atoms with Gasteiger partial charge in [-0.05, 0) is 26.0 Å². The van der Waals surface area contributed by atoms with Crippen LogP contribution in [0.4, 0.5) is 11.5 Å². The van der Waals surface area contributed by atoms with Gasteiger partial charge in [-0.15, -0.1) is 0 Å². The predicted octanol–water partition coefficient (Wildman–Crippen LogP) is 1.86. The molecule has 0 fully saturated rings. The molecule has 0 spiro atoms. The number of aromatic amines is 1. The number of hydrogen-bond acceptors (Lipinski definition) is 3. The lowest BCUT2D eigenvalue weighted by Gasteiger charge is -2.03. The van der Waals surface area contributed by atoms with Crippen LogP contribution in [0.3, 0.4) is 0 Å². The van der Waals surface area contributed by atoms with Crippen molar-refractivity contribution in [2.75, 3.05) is 11.1 Å². The van der Waals surface area contributed by atoms with E-state index in [0.29, 0.717) is 17.1 Å². The highest BCUT2D eigenvalue weighted by molar-refractivity contribution is 6.05. The Morgan fingerprint density at radius 2 is 1.94 bits per heavy atom. The second-order valence-corrected chi connectivity index (χ2v) is 3.93. The molecule has 0 bridgehead atoms. The van der Waals surface area contributed by atoms with Gasteiger partial charge in [0.05, 0.1) is 11.4 Å². The number of H-pyrrole nitrogens is 1. The molecule has 0 atom stereocenters. The lowest BCUT2D eigenvalue weighted by molar-refractivity contribution is 0.102. The summed E-state index contributed by atoms with van der Waals surface area (Å²) in [5.41, 5.74) is 8.64. The molecule has 5 heteroatoms. The zero-order chi connectivity index (χ0) is 12.4. The zero-order valence-electron chi connectivity index (χ0n) is 9.74. The number of nitrogen functional groups attached to an aromatic ring is 1. The number of carbonyl (C=O) groups is 1. The third kappa shape index (κ3) is 2.28. The number of aryl methyl sites for hydroxylation is 2. The van der Waals surface area contributed by atoms with Crippen molar-refractivity contribution in [3.8, 4) is 0 Å². The molecule has 0 saturated carbocycles. The van der Waals surface area contributed by atoms with Gasteiger partial charge in [0.1, 0.15) is 0 Å². The fourth-order valence-corrected chi connectivity index (χ4v) is 1.42. The molecule has 1 aromatic heterocycles. The highest BCUT2D eigenvalue weighted by Gasteiger charge is 2.11. The molecule has 0 radical (unpaired) electrons. The van der Waals surface area contributed by atoms with E-state index in [9.17, 15) is 4.79 Å². The van der Waals surface area contributed by atoms with Crippen LogP contribution in [0.5, 0.6) is 0 Å². The Balaban J connectivity index is 2.17. The van der Waals surface area contributed by atoms with Crippen molar-refractivity contribution in [2.24, 2.45) is 0 Å². The van der Waals surface area contributed by atoms with Crippen LogP contribution in [-0.2, 0) is 0 Å². The van der Waals surface area contributed by atoms with E-state index in [1.165, 1.54) is 0 Å². The summed E-state index contributed by atoms with van der Waals surface area (Å²) in [6, 6.07) is 7.29. The average molecular weight is 230 g/mol. The number of benzene rings is 1. The number of carbonyl (C=O) groups excluding carboxylic acids is 1. The molecular formula is C12H14N4O. The van der Waals surface area contributed by atoms with Crippen LogP contribution < -0.4 is 11.1 Å². The van der Waals surface area contributed by atoms with Gasteiger partial charge in [-0.2, -0.15) is 5.10 Å². The van der Waals surface area contributed by atoms with E-state index in [1.54, 1.807) is 19.1 Å². The first-order valence-electron chi connectivity index (χ1n) is 5.26. The van der Waals surface area contributed by atoms with Gasteiger partial charge in [-0.1, -0.05) is 17.7 Å². The van der Waals surface area contributed by atoms with Gasteiger partial charge in [0, 0.05) is 5.56 Å². The maximum atomic E-state index is 11.9. The molecule has 1 amide bonds. The first kappa shape index (κ1) is 11.2. The summed E-state index contributed by atoms with van der Waals surface area (Å²) < 4.78 is 0. The van der Waals surface area contributed by atoms with E-state index in [0.717, 1.165) is 11.3 Å². The zero-order valence-corrected chi connectivity index (χ0v) is 9.74. The molecular weight excluding hydrogens is 216 g/mol. The minimum atomic E-state index is -0.219. The van der Waals surface area contributed by atoms with Gasteiger partial charge < -0.3 is 11.1 Å². The minimum Gasteiger partial charge on any atom is -0.394 e. The smallest absolute Gasteiger partial charge is 0.256 e. The van der Waals surface area contributed by atoms with E-state index in [1.807, 2.05) is 19.1 Å². The van der Waals surface area contributed by atoms with Gasteiger partial charge >= 0.3 is 0 Å². The topological polar surface area (TPSA) is 83.8 Å². The van der Waals surface area contributed by atoms with E-state index < -0.39 is 0 Å². The van der Waals surface area contributed by atoms with Crippen LogP contribution in [-0.4, -0.2) is 16.1 Å². The predicted molar refractivity (Wildman–Crippen MR) is 66.9 cm³/mol. The summed E-state index contributed by atoms with van der Waals surface area (Å²) >= 11 is 0. The third-order valence-corrected chi connectivity index (χ3v) is 2.54. The summed E-state index contributed by atoms with van der Waals surface area (Å²) in [7, 11) is 0. The standard InChI is InChI=1S/C12H14N4O/c1-7-3-5-9(6-4-7)12(17)14-11-10(13)8(2)15-16-11/h3-6H,13H2,1-2H3,(H2,14,15,16,17). The monoisotopic (exact) mass is 230 g/mol. The number of nitrogens with one attached hydrogen (secondary N) is 2. The molecule has 0 saturated heterocycles. The molecule has 1 aromatic carbocycles. The lowest BCUT2D eigenvalue weighted by Crippen LogP contribution is -2.13. The largest absolute Gasteiger partial charge is 0.394 e. The van der Waals surface area contributed by atoms with Crippen LogP contribution in [0.15, 0.2) is 24.3 Å². The van der Waals surface area contributed by atoms with Gasteiger partial charge in [0.25, 0.3) is 5.91 Å².